The molecule has 1 heteroatoms. The third-order valence-electron chi connectivity index (χ3n) is 2.55. The smallest absolute Gasteiger partial charge is 0.0578 e. The van der Waals surface area contributed by atoms with Gasteiger partial charge in [0.1, 0.15) is 0 Å². The van der Waals surface area contributed by atoms with Gasteiger partial charge in [-0.15, -0.1) is 0 Å². The van der Waals surface area contributed by atoms with Gasteiger partial charge in [0.15, 0.2) is 0 Å². The van der Waals surface area contributed by atoms with Crippen LogP contribution in [0.25, 0.3) is 0 Å². The lowest BCUT2D eigenvalue weighted by Crippen LogP contribution is -2.31. The maximum Gasteiger partial charge on any atom is 0.0578 e. The lowest BCUT2D eigenvalue weighted by molar-refractivity contribution is 0.386. The fourth-order valence-electron chi connectivity index (χ4n) is 1.81. The van der Waals surface area contributed by atoms with Gasteiger partial charge in [0.25, 0.3) is 0 Å². The molecule has 0 heterocycles. The minimum atomic E-state index is 0.147. The molecule has 0 aliphatic heterocycles. The van der Waals surface area contributed by atoms with E-state index in [1.165, 1.54) is 32.1 Å². The molecule has 0 amide bonds. The molecule has 1 fully saturated rings. The van der Waals surface area contributed by atoms with E-state index in [1.807, 2.05) is 0 Å². The van der Waals surface area contributed by atoms with Crippen LogP contribution in [0, 0.1) is 17.3 Å². The van der Waals surface area contributed by atoms with Crippen molar-refractivity contribution in [1.82, 2.24) is 5.32 Å². The fraction of sp³-hybridized carbons (Fsp3) is 0.846. The van der Waals surface area contributed by atoms with Gasteiger partial charge in [0.05, 0.1) is 6.54 Å². The molecule has 0 aromatic heterocycles. The molecular formula is C13H23N. The Hall–Kier alpha value is -0.480. The quantitative estimate of drug-likeness (QED) is 0.665. The van der Waals surface area contributed by atoms with Gasteiger partial charge >= 0.3 is 0 Å². The lowest BCUT2D eigenvalue weighted by atomic mass is 9.95. The second-order valence-electron chi connectivity index (χ2n) is 5.27. The normalized spacial score (nSPS) is 18.8. The highest BCUT2D eigenvalue weighted by molar-refractivity contribution is 5.08. The minimum absolute atomic E-state index is 0.147. The van der Waals surface area contributed by atoms with Crippen molar-refractivity contribution in [2.45, 2.75) is 58.9 Å². The molecule has 0 saturated heterocycles. The Morgan fingerprint density at radius 2 is 1.79 bits per heavy atom. The summed E-state index contributed by atoms with van der Waals surface area (Å²) in [5, 5.41) is 3.52. The predicted molar refractivity (Wildman–Crippen MR) is 62.1 cm³/mol. The summed E-state index contributed by atoms with van der Waals surface area (Å²) in [7, 11) is 0. The number of rotatable bonds is 2. The van der Waals surface area contributed by atoms with Crippen LogP contribution in [0.5, 0.6) is 0 Å². The molecule has 1 saturated carbocycles. The second-order valence-corrected chi connectivity index (χ2v) is 5.27. The Labute approximate surface area is 88.7 Å². The van der Waals surface area contributed by atoms with Gasteiger partial charge in [-0.05, 0) is 33.6 Å². The summed E-state index contributed by atoms with van der Waals surface area (Å²) in [6.45, 7) is 7.32. The molecule has 0 aromatic rings. The Balaban J connectivity index is 2.16. The van der Waals surface area contributed by atoms with Crippen LogP contribution in [-0.4, -0.2) is 12.6 Å². The van der Waals surface area contributed by atoms with Crippen LogP contribution in [0.3, 0.4) is 0 Å². The third-order valence-corrected chi connectivity index (χ3v) is 2.55. The van der Waals surface area contributed by atoms with Crippen molar-refractivity contribution in [3.63, 3.8) is 0 Å². The average molecular weight is 193 g/mol. The summed E-state index contributed by atoms with van der Waals surface area (Å²) in [6.07, 6.45) is 6.90. The van der Waals surface area contributed by atoms with Crippen LogP contribution in [-0.2, 0) is 0 Å². The average Bonchev–Trinajstić information content (AvgIpc) is 2.13. The molecule has 14 heavy (non-hydrogen) atoms. The molecule has 80 valence electrons. The zero-order chi connectivity index (χ0) is 10.4. The van der Waals surface area contributed by atoms with Crippen molar-refractivity contribution in [1.29, 1.82) is 0 Å². The van der Waals surface area contributed by atoms with E-state index in [2.05, 4.69) is 37.9 Å². The van der Waals surface area contributed by atoms with E-state index < -0.39 is 0 Å². The first-order valence-electron chi connectivity index (χ1n) is 5.81. The van der Waals surface area contributed by atoms with Crippen molar-refractivity contribution in [3.8, 4) is 11.8 Å². The number of hydrogen-bond donors (Lipinski definition) is 1. The molecule has 1 nitrogen and oxygen atoms in total. The Kier molecular flexibility index (Phi) is 4.48. The number of nitrogens with one attached hydrogen (secondary N) is 1. The summed E-state index contributed by atoms with van der Waals surface area (Å²) in [4.78, 5) is 0. The van der Waals surface area contributed by atoms with E-state index in [4.69, 9.17) is 0 Å². The molecule has 0 atom stereocenters. The van der Waals surface area contributed by atoms with Crippen molar-refractivity contribution in [2.24, 2.45) is 5.41 Å². The highest BCUT2D eigenvalue weighted by Crippen LogP contribution is 2.17. The highest BCUT2D eigenvalue weighted by Gasteiger charge is 2.11. The number of hydrogen-bond acceptors (Lipinski definition) is 1. The van der Waals surface area contributed by atoms with Crippen molar-refractivity contribution < 1.29 is 0 Å². The SMILES string of the molecule is CC(C)(C)C#CCNC1CCCCC1. The largest absolute Gasteiger partial charge is 0.303 e. The molecule has 1 N–H and O–H groups in total. The van der Waals surface area contributed by atoms with Crippen LogP contribution >= 0.6 is 0 Å². The Morgan fingerprint density at radius 1 is 1.14 bits per heavy atom. The molecule has 1 aliphatic rings. The van der Waals surface area contributed by atoms with Crippen LogP contribution in [0.4, 0.5) is 0 Å². The van der Waals surface area contributed by atoms with Gasteiger partial charge in [-0.2, -0.15) is 0 Å². The summed E-state index contributed by atoms with van der Waals surface area (Å²) in [5.41, 5.74) is 0.147. The molecular weight excluding hydrogens is 170 g/mol. The summed E-state index contributed by atoms with van der Waals surface area (Å²) < 4.78 is 0. The van der Waals surface area contributed by atoms with Crippen LogP contribution in [0.2, 0.25) is 0 Å². The van der Waals surface area contributed by atoms with Crippen molar-refractivity contribution in [3.05, 3.63) is 0 Å². The monoisotopic (exact) mass is 193 g/mol. The molecule has 1 aliphatic carbocycles. The first kappa shape index (κ1) is 11.6. The van der Waals surface area contributed by atoms with E-state index in [9.17, 15) is 0 Å². The first-order chi connectivity index (χ1) is 6.58. The van der Waals surface area contributed by atoms with Gasteiger partial charge in [-0.1, -0.05) is 31.1 Å². The van der Waals surface area contributed by atoms with E-state index in [-0.39, 0.29) is 5.41 Å². The fourth-order valence-corrected chi connectivity index (χ4v) is 1.81. The molecule has 0 spiro atoms. The summed E-state index contributed by atoms with van der Waals surface area (Å²) >= 11 is 0. The third kappa shape index (κ3) is 5.29. The molecule has 0 bridgehead atoms. The van der Waals surface area contributed by atoms with Gasteiger partial charge < -0.3 is 5.32 Å². The maximum atomic E-state index is 3.52. The maximum absolute atomic E-state index is 3.52. The van der Waals surface area contributed by atoms with Crippen LogP contribution in [0.1, 0.15) is 52.9 Å². The van der Waals surface area contributed by atoms with Crippen molar-refractivity contribution >= 4 is 0 Å². The highest BCUT2D eigenvalue weighted by atomic mass is 14.9. The summed E-state index contributed by atoms with van der Waals surface area (Å²) in [6, 6.07) is 0.734. The van der Waals surface area contributed by atoms with Crippen LogP contribution in [0.15, 0.2) is 0 Å². The first-order valence-corrected chi connectivity index (χ1v) is 5.81. The van der Waals surface area contributed by atoms with Gasteiger partial charge in [-0.25, -0.2) is 0 Å². The van der Waals surface area contributed by atoms with E-state index >= 15 is 0 Å². The van der Waals surface area contributed by atoms with Gasteiger partial charge in [0.2, 0.25) is 0 Å². The van der Waals surface area contributed by atoms with E-state index in [0.717, 1.165) is 12.6 Å². The second kappa shape index (κ2) is 5.41. The van der Waals surface area contributed by atoms with Crippen LogP contribution < -0.4 is 5.32 Å². The molecule has 1 rings (SSSR count). The van der Waals surface area contributed by atoms with Crippen molar-refractivity contribution in [2.75, 3.05) is 6.54 Å². The zero-order valence-corrected chi connectivity index (χ0v) is 9.82. The molecule has 0 radical (unpaired) electrons. The Bertz CT molecular complexity index is 208. The zero-order valence-electron chi connectivity index (χ0n) is 9.82. The topological polar surface area (TPSA) is 12.0 Å². The van der Waals surface area contributed by atoms with Gasteiger partial charge in [0, 0.05) is 11.5 Å². The standard InChI is InChI=1S/C13H23N/c1-13(2,3)10-7-11-14-12-8-5-4-6-9-12/h12,14H,4-6,8-9,11H2,1-3H3. The van der Waals surface area contributed by atoms with Gasteiger partial charge in [-0.3, -0.25) is 0 Å². The molecule has 0 unspecified atom stereocenters. The Morgan fingerprint density at radius 3 is 2.36 bits per heavy atom. The van der Waals surface area contributed by atoms with E-state index in [0.29, 0.717) is 0 Å². The van der Waals surface area contributed by atoms with E-state index in [1.54, 1.807) is 0 Å². The predicted octanol–water partition coefficient (Wildman–Crippen LogP) is 2.96. The minimum Gasteiger partial charge on any atom is -0.303 e. The summed E-state index contributed by atoms with van der Waals surface area (Å²) in [5.74, 6) is 6.46. The molecule has 0 aromatic carbocycles. The lowest BCUT2D eigenvalue weighted by Gasteiger charge is -2.21.